The average molecular weight is 243 g/mol. The molecule has 1 aliphatic heterocycles. The Kier molecular flexibility index (Phi) is 8.67. The van der Waals surface area contributed by atoms with Crippen LogP contribution in [0.1, 0.15) is 39.5 Å². The molecule has 1 saturated heterocycles. The Balaban J connectivity index is 1.97. The third-order valence-corrected chi connectivity index (χ3v) is 3.55. The molecule has 0 N–H and O–H groups in total. The molecule has 0 aromatic heterocycles. The highest BCUT2D eigenvalue weighted by molar-refractivity contribution is 4.61. The Morgan fingerprint density at radius 3 is 2.65 bits per heavy atom. The fourth-order valence-corrected chi connectivity index (χ4v) is 2.17. The maximum absolute atomic E-state index is 5.80. The predicted molar refractivity (Wildman–Crippen MR) is 71.4 cm³/mol. The summed E-state index contributed by atoms with van der Waals surface area (Å²) in [5.74, 6) is 0.764. The van der Waals surface area contributed by atoms with Gasteiger partial charge in [0.1, 0.15) is 0 Å². The standard InChI is InChI=1S/C14H29NO2/c1-3-5-6-14(4-2)13-17-12-9-15-7-10-16-11-8-15/h14H,3-13H2,1-2H3. The van der Waals surface area contributed by atoms with Gasteiger partial charge in [0.25, 0.3) is 0 Å². The molecular weight excluding hydrogens is 214 g/mol. The van der Waals surface area contributed by atoms with Crippen LogP contribution in [0.3, 0.4) is 0 Å². The maximum atomic E-state index is 5.80. The second kappa shape index (κ2) is 9.86. The number of morpholine rings is 1. The van der Waals surface area contributed by atoms with Crippen molar-refractivity contribution in [1.29, 1.82) is 0 Å². The van der Waals surface area contributed by atoms with Crippen LogP contribution in [0.4, 0.5) is 0 Å². The van der Waals surface area contributed by atoms with Crippen molar-refractivity contribution in [3.8, 4) is 0 Å². The molecule has 0 amide bonds. The lowest BCUT2D eigenvalue weighted by atomic mass is 10.0. The number of hydrogen-bond acceptors (Lipinski definition) is 3. The Morgan fingerprint density at radius 2 is 2.00 bits per heavy atom. The maximum Gasteiger partial charge on any atom is 0.0594 e. The fourth-order valence-electron chi connectivity index (χ4n) is 2.17. The van der Waals surface area contributed by atoms with E-state index < -0.39 is 0 Å². The molecule has 1 unspecified atom stereocenters. The van der Waals surface area contributed by atoms with Crippen LogP contribution in [0.2, 0.25) is 0 Å². The number of ether oxygens (including phenoxy) is 2. The second-order valence-electron chi connectivity index (χ2n) is 4.95. The number of hydrogen-bond donors (Lipinski definition) is 0. The largest absolute Gasteiger partial charge is 0.380 e. The third kappa shape index (κ3) is 7.02. The predicted octanol–water partition coefficient (Wildman–Crippen LogP) is 2.55. The molecule has 102 valence electrons. The van der Waals surface area contributed by atoms with Crippen molar-refractivity contribution < 1.29 is 9.47 Å². The Labute approximate surface area is 106 Å². The molecule has 0 radical (unpaired) electrons. The van der Waals surface area contributed by atoms with Crippen molar-refractivity contribution in [1.82, 2.24) is 4.90 Å². The van der Waals surface area contributed by atoms with E-state index in [1.165, 1.54) is 25.7 Å². The van der Waals surface area contributed by atoms with Gasteiger partial charge in [-0.1, -0.05) is 33.1 Å². The van der Waals surface area contributed by atoms with Crippen LogP contribution in [-0.2, 0) is 9.47 Å². The van der Waals surface area contributed by atoms with Gasteiger partial charge >= 0.3 is 0 Å². The first-order valence-electron chi connectivity index (χ1n) is 7.24. The first-order valence-corrected chi connectivity index (χ1v) is 7.24. The Hall–Kier alpha value is -0.120. The summed E-state index contributed by atoms with van der Waals surface area (Å²) < 4.78 is 11.1. The van der Waals surface area contributed by atoms with Gasteiger partial charge in [-0.05, 0) is 12.3 Å². The van der Waals surface area contributed by atoms with Gasteiger partial charge in [0.15, 0.2) is 0 Å². The first-order chi connectivity index (χ1) is 8.36. The van der Waals surface area contributed by atoms with Crippen LogP contribution >= 0.6 is 0 Å². The van der Waals surface area contributed by atoms with Crippen LogP contribution < -0.4 is 0 Å². The second-order valence-corrected chi connectivity index (χ2v) is 4.95. The fraction of sp³-hybridized carbons (Fsp3) is 1.00. The highest BCUT2D eigenvalue weighted by Gasteiger charge is 2.10. The van der Waals surface area contributed by atoms with Crippen LogP contribution in [0.5, 0.6) is 0 Å². The third-order valence-electron chi connectivity index (χ3n) is 3.55. The van der Waals surface area contributed by atoms with Gasteiger partial charge in [0.05, 0.1) is 19.8 Å². The molecule has 0 aromatic carbocycles. The summed E-state index contributed by atoms with van der Waals surface area (Å²) >= 11 is 0. The molecule has 17 heavy (non-hydrogen) atoms. The normalized spacial score (nSPS) is 19.4. The van der Waals surface area contributed by atoms with Crippen LogP contribution in [-0.4, -0.2) is 51.0 Å². The summed E-state index contributed by atoms with van der Waals surface area (Å²) in [6, 6.07) is 0. The minimum atomic E-state index is 0.764. The Bertz CT molecular complexity index is 170. The summed E-state index contributed by atoms with van der Waals surface area (Å²) in [6.45, 7) is 11.3. The van der Waals surface area contributed by atoms with E-state index in [0.29, 0.717) is 0 Å². The number of nitrogens with zero attached hydrogens (tertiary/aromatic N) is 1. The van der Waals surface area contributed by atoms with E-state index >= 15 is 0 Å². The quantitative estimate of drug-likeness (QED) is 0.581. The van der Waals surface area contributed by atoms with Gasteiger partial charge in [-0.15, -0.1) is 0 Å². The zero-order chi connectivity index (χ0) is 12.3. The molecule has 3 heteroatoms. The van der Waals surface area contributed by atoms with Gasteiger partial charge in [0, 0.05) is 26.2 Å². The van der Waals surface area contributed by atoms with E-state index in [9.17, 15) is 0 Å². The van der Waals surface area contributed by atoms with E-state index in [0.717, 1.165) is 52.0 Å². The summed E-state index contributed by atoms with van der Waals surface area (Å²) in [5.41, 5.74) is 0. The van der Waals surface area contributed by atoms with Crippen LogP contribution in [0.15, 0.2) is 0 Å². The average Bonchev–Trinajstić information content (AvgIpc) is 2.39. The lowest BCUT2D eigenvalue weighted by Crippen LogP contribution is -2.38. The lowest BCUT2D eigenvalue weighted by Gasteiger charge is -2.26. The van der Waals surface area contributed by atoms with Gasteiger partial charge < -0.3 is 9.47 Å². The molecule has 0 saturated carbocycles. The molecule has 0 bridgehead atoms. The van der Waals surface area contributed by atoms with E-state index in [1.807, 2.05) is 0 Å². The lowest BCUT2D eigenvalue weighted by molar-refractivity contribution is 0.0150. The monoisotopic (exact) mass is 243 g/mol. The van der Waals surface area contributed by atoms with E-state index in [4.69, 9.17) is 9.47 Å². The van der Waals surface area contributed by atoms with Crippen molar-refractivity contribution in [2.24, 2.45) is 5.92 Å². The summed E-state index contributed by atoms with van der Waals surface area (Å²) in [6.07, 6.45) is 5.21. The molecule has 1 atom stereocenters. The van der Waals surface area contributed by atoms with Gasteiger partial charge in [-0.3, -0.25) is 4.90 Å². The molecule has 0 aliphatic carbocycles. The minimum absolute atomic E-state index is 0.764. The minimum Gasteiger partial charge on any atom is -0.380 e. The smallest absolute Gasteiger partial charge is 0.0594 e. The topological polar surface area (TPSA) is 21.7 Å². The van der Waals surface area contributed by atoms with E-state index in [2.05, 4.69) is 18.7 Å². The Morgan fingerprint density at radius 1 is 1.24 bits per heavy atom. The number of rotatable bonds is 9. The first kappa shape index (κ1) is 14.9. The van der Waals surface area contributed by atoms with Crippen LogP contribution in [0, 0.1) is 5.92 Å². The van der Waals surface area contributed by atoms with Crippen molar-refractivity contribution in [2.45, 2.75) is 39.5 Å². The molecule has 1 heterocycles. The summed E-state index contributed by atoms with van der Waals surface area (Å²) in [4.78, 5) is 2.43. The van der Waals surface area contributed by atoms with Crippen LogP contribution in [0.25, 0.3) is 0 Å². The molecule has 1 fully saturated rings. The van der Waals surface area contributed by atoms with Gasteiger partial charge in [-0.2, -0.15) is 0 Å². The van der Waals surface area contributed by atoms with Crippen molar-refractivity contribution >= 4 is 0 Å². The molecular formula is C14H29NO2. The summed E-state index contributed by atoms with van der Waals surface area (Å²) in [5, 5.41) is 0. The molecule has 1 rings (SSSR count). The SMILES string of the molecule is CCCCC(CC)COCCN1CCOCC1. The molecule has 0 aromatic rings. The molecule has 1 aliphatic rings. The summed E-state index contributed by atoms with van der Waals surface area (Å²) in [7, 11) is 0. The highest BCUT2D eigenvalue weighted by Crippen LogP contribution is 2.12. The van der Waals surface area contributed by atoms with Gasteiger partial charge in [-0.25, -0.2) is 0 Å². The zero-order valence-corrected chi connectivity index (χ0v) is 11.6. The molecule has 0 spiro atoms. The molecule has 3 nitrogen and oxygen atoms in total. The van der Waals surface area contributed by atoms with Crippen molar-refractivity contribution in [3.63, 3.8) is 0 Å². The van der Waals surface area contributed by atoms with E-state index in [-0.39, 0.29) is 0 Å². The number of unbranched alkanes of at least 4 members (excludes halogenated alkanes) is 1. The van der Waals surface area contributed by atoms with Crippen molar-refractivity contribution in [3.05, 3.63) is 0 Å². The highest BCUT2D eigenvalue weighted by atomic mass is 16.5. The van der Waals surface area contributed by atoms with Crippen molar-refractivity contribution in [2.75, 3.05) is 46.1 Å². The van der Waals surface area contributed by atoms with Gasteiger partial charge in [0.2, 0.25) is 0 Å². The zero-order valence-electron chi connectivity index (χ0n) is 11.6. The van der Waals surface area contributed by atoms with E-state index in [1.54, 1.807) is 0 Å².